The number of nitrogens with zero attached hydrogens (tertiary/aromatic N) is 3. The maximum Gasteiger partial charge on any atom is 0.294 e. The maximum atomic E-state index is 5.60. The first-order chi connectivity index (χ1) is 9.53. The number of hydrogen-bond donors (Lipinski definition) is 1. The summed E-state index contributed by atoms with van der Waals surface area (Å²) in [5, 5.41) is 13.1. The smallest absolute Gasteiger partial charge is 0.294 e. The molecule has 0 aliphatic heterocycles. The molecule has 2 aromatic rings. The molecule has 2 rings (SSSR count). The van der Waals surface area contributed by atoms with Crippen molar-refractivity contribution in [3.63, 3.8) is 0 Å². The molecule has 1 N–H and O–H groups in total. The van der Waals surface area contributed by atoms with E-state index >= 15 is 0 Å². The fourth-order valence-corrected chi connectivity index (χ4v) is 2.15. The molecule has 0 radical (unpaired) electrons. The van der Waals surface area contributed by atoms with E-state index in [-0.39, 0.29) is 5.54 Å². The van der Waals surface area contributed by atoms with Gasteiger partial charge in [0.1, 0.15) is 5.01 Å². The minimum Gasteiger partial charge on any atom is -0.469 e. The molecule has 2 aromatic heterocycles. The first-order valence-electron chi connectivity index (χ1n) is 6.63. The zero-order valence-electron chi connectivity index (χ0n) is 12.1. The molecule has 0 amide bonds. The maximum absolute atomic E-state index is 5.60. The summed E-state index contributed by atoms with van der Waals surface area (Å²) in [4.78, 5) is 4.25. The SMILES string of the molecule is CC(C)(C)NCc1nnc(OCCc2ccccn2)s1. The summed E-state index contributed by atoms with van der Waals surface area (Å²) in [6.07, 6.45) is 2.56. The molecule has 0 unspecified atom stereocenters. The van der Waals surface area contributed by atoms with Gasteiger partial charge in [0.2, 0.25) is 0 Å². The van der Waals surface area contributed by atoms with Gasteiger partial charge in [0.15, 0.2) is 0 Å². The second-order valence-corrected chi connectivity index (χ2v) is 6.51. The van der Waals surface area contributed by atoms with Gasteiger partial charge in [-0.15, -0.1) is 10.2 Å². The highest BCUT2D eigenvalue weighted by Crippen LogP contribution is 2.18. The average molecular weight is 292 g/mol. The monoisotopic (exact) mass is 292 g/mol. The minimum absolute atomic E-state index is 0.0751. The van der Waals surface area contributed by atoms with Gasteiger partial charge in [-0.2, -0.15) is 0 Å². The Labute approximate surface area is 123 Å². The van der Waals surface area contributed by atoms with E-state index in [0.29, 0.717) is 18.3 Å². The lowest BCUT2D eigenvalue weighted by molar-refractivity contribution is 0.316. The first kappa shape index (κ1) is 14.9. The van der Waals surface area contributed by atoms with Crippen LogP contribution in [0, 0.1) is 0 Å². The van der Waals surface area contributed by atoms with Crippen LogP contribution in [0.15, 0.2) is 24.4 Å². The molecule has 0 aromatic carbocycles. The van der Waals surface area contributed by atoms with Crippen LogP contribution in [0.3, 0.4) is 0 Å². The fourth-order valence-electron chi connectivity index (χ4n) is 1.50. The molecular formula is C14H20N4OS. The molecule has 2 heterocycles. The Morgan fingerprint density at radius 1 is 1.25 bits per heavy atom. The Bertz CT molecular complexity index is 521. The number of ether oxygens (including phenoxy) is 1. The molecular weight excluding hydrogens is 272 g/mol. The van der Waals surface area contributed by atoms with Crippen LogP contribution < -0.4 is 10.1 Å². The summed E-state index contributed by atoms with van der Waals surface area (Å²) in [6, 6.07) is 5.87. The number of rotatable bonds is 6. The highest BCUT2D eigenvalue weighted by atomic mass is 32.1. The third kappa shape index (κ3) is 5.22. The van der Waals surface area contributed by atoms with E-state index in [2.05, 4.69) is 41.3 Å². The van der Waals surface area contributed by atoms with Gasteiger partial charge in [0, 0.05) is 23.9 Å². The van der Waals surface area contributed by atoms with Crippen molar-refractivity contribution in [1.29, 1.82) is 0 Å². The van der Waals surface area contributed by atoms with Gasteiger partial charge in [-0.05, 0) is 32.9 Å². The Morgan fingerprint density at radius 2 is 2.10 bits per heavy atom. The average Bonchev–Trinajstić information content (AvgIpc) is 2.85. The van der Waals surface area contributed by atoms with E-state index in [9.17, 15) is 0 Å². The first-order valence-corrected chi connectivity index (χ1v) is 7.45. The van der Waals surface area contributed by atoms with Gasteiger partial charge in [-0.1, -0.05) is 17.4 Å². The molecule has 0 aliphatic rings. The Hall–Kier alpha value is -1.53. The molecule has 6 heteroatoms. The zero-order valence-corrected chi connectivity index (χ0v) is 12.9. The van der Waals surface area contributed by atoms with Crippen molar-refractivity contribution in [2.24, 2.45) is 0 Å². The molecule has 5 nitrogen and oxygen atoms in total. The highest BCUT2D eigenvalue weighted by Gasteiger charge is 2.11. The Kier molecular flexibility index (Phi) is 5.03. The van der Waals surface area contributed by atoms with Crippen LogP contribution in [0.25, 0.3) is 0 Å². The van der Waals surface area contributed by atoms with Crippen LogP contribution in [0.5, 0.6) is 5.19 Å². The van der Waals surface area contributed by atoms with Crippen LogP contribution in [-0.2, 0) is 13.0 Å². The van der Waals surface area contributed by atoms with Gasteiger partial charge >= 0.3 is 0 Å². The predicted molar refractivity (Wildman–Crippen MR) is 79.9 cm³/mol. The van der Waals surface area contributed by atoms with Gasteiger partial charge in [-0.3, -0.25) is 4.98 Å². The lowest BCUT2D eigenvalue weighted by Gasteiger charge is -2.19. The van der Waals surface area contributed by atoms with Gasteiger partial charge < -0.3 is 10.1 Å². The number of pyridine rings is 1. The number of aromatic nitrogens is 3. The Morgan fingerprint density at radius 3 is 2.80 bits per heavy atom. The van der Waals surface area contributed by atoms with Gasteiger partial charge in [0.05, 0.1) is 13.2 Å². The zero-order chi connectivity index (χ0) is 14.4. The van der Waals surface area contributed by atoms with E-state index in [1.165, 1.54) is 11.3 Å². The molecule has 0 saturated carbocycles. The molecule has 0 spiro atoms. The van der Waals surface area contributed by atoms with Gasteiger partial charge in [0.25, 0.3) is 5.19 Å². The van der Waals surface area contributed by atoms with E-state index in [4.69, 9.17) is 4.74 Å². The van der Waals surface area contributed by atoms with E-state index in [0.717, 1.165) is 17.1 Å². The molecule has 0 atom stereocenters. The molecule has 0 bridgehead atoms. The van der Waals surface area contributed by atoms with Crippen LogP contribution in [0.4, 0.5) is 0 Å². The summed E-state index contributed by atoms with van der Waals surface area (Å²) >= 11 is 1.48. The van der Waals surface area contributed by atoms with Crippen molar-refractivity contribution in [2.75, 3.05) is 6.61 Å². The standard InChI is InChI=1S/C14H20N4OS/c1-14(2,3)16-10-12-17-18-13(20-12)19-9-7-11-6-4-5-8-15-11/h4-6,8,16H,7,9-10H2,1-3H3. The van der Waals surface area contributed by atoms with Crippen molar-refractivity contribution in [3.8, 4) is 5.19 Å². The summed E-state index contributed by atoms with van der Waals surface area (Å²) < 4.78 is 5.60. The summed E-state index contributed by atoms with van der Waals surface area (Å²) in [5.41, 5.74) is 1.10. The van der Waals surface area contributed by atoms with E-state index in [1.807, 2.05) is 18.2 Å². The molecule has 20 heavy (non-hydrogen) atoms. The molecule has 108 valence electrons. The van der Waals surface area contributed by atoms with Crippen molar-refractivity contribution >= 4 is 11.3 Å². The Balaban J connectivity index is 1.75. The second-order valence-electron chi connectivity index (χ2n) is 5.48. The number of nitrogens with one attached hydrogen (secondary N) is 1. The molecule has 0 aliphatic carbocycles. The van der Waals surface area contributed by atoms with Crippen molar-refractivity contribution < 1.29 is 4.74 Å². The summed E-state index contributed by atoms with van der Waals surface area (Å²) in [6.45, 7) is 7.65. The van der Waals surface area contributed by atoms with E-state index in [1.54, 1.807) is 6.20 Å². The van der Waals surface area contributed by atoms with Crippen molar-refractivity contribution in [2.45, 2.75) is 39.3 Å². The van der Waals surface area contributed by atoms with Crippen LogP contribution >= 0.6 is 11.3 Å². The summed E-state index contributed by atoms with van der Waals surface area (Å²) in [7, 11) is 0. The minimum atomic E-state index is 0.0751. The molecule has 0 saturated heterocycles. The van der Waals surface area contributed by atoms with Crippen LogP contribution in [0.1, 0.15) is 31.5 Å². The highest BCUT2D eigenvalue weighted by molar-refractivity contribution is 7.13. The number of hydrogen-bond acceptors (Lipinski definition) is 6. The van der Waals surface area contributed by atoms with E-state index < -0.39 is 0 Å². The third-order valence-corrected chi connectivity index (χ3v) is 3.36. The lowest BCUT2D eigenvalue weighted by atomic mass is 10.1. The van der Waals surface area contributed by atoms with Crippen LogP contribution in [0.2, 0.25) is 0 Å². The fraction of sp³-hybridized carbons (Fsp3) is 0.500. The van der Waals surface area contributed by atoms with Gasteiger partial charge in [-0.25, -0.2) is 0 Å². The molecule has 0 fully saturated rings. The van der Waals surface area contributed by atoms with Crippen molar-refractivity contribution in [3.05, 3.63) is 35.1 Å². The summed E-state index contributed by atoms with van der Waals surface area (Å²) in [5.74, 6) is 0. The lowest BCUT2D eigenvalue weighted by Crippen LogP contribution is -2.35. The van der Waals surface area contributed by atoms with Crippen molar-refractivity contribution in [1.82, 2.24) is 20.5 Å². The van der Waals surface area contributed by atoms with Crippen LogP contribution in [-0.4, -0.2) is 27.3 Å². The largest absolute Gasteiger partial charge is 0.469 e. The second kappa shape index (κ2) is 6.76. The quantitative estimate of drug-likeness (QED) is 0.886. The third-order valence-electron chi connectivity index (χ3n) is 2.53. The normalized spacial score (nSPS) is 11.6. The predicted octanol–water partition coefficient (Wildman–Crippen LogP) is 2.44. The topological polar surface area (TPSA) is 59.9 Å².